The number of nitrogens with zero attached hydrogens (tertiary/aromatic N) is 2. The van der Waals surface area contributed by atoms with Crippen molar-refractivity contribution in [3.05, 3.63) is 41.7 Å². The maximum Gasteiger partial charge on any atom is 0.221 e. The Balaban J connectivity index is 2.04. The summed E-state index contributed by atoms with van der Waals surface area (Å²) in [6, 6.07) is 7.92. The van der Waals surface area contributed by atoms with Crippen molar-refractivity contribution in [1.82, 2.24) is 9.97 Å². The van der Waals surface area contributed by atoms with Gasteiger partial charge in [0.1, 0.15) is 17.9 Å². The zero-order chi connectivity index (χ0) is 14.4. The van der Waals surface area contributed by atoms with Gasteiger partial charge >= 0.3 is 0 Å². The van der Waals surface area contributed by atoms with Crippen molar-refractivity contribution in [2.24, 2.45) is 0 Å². The van der Waals surface area contributed by atoms with Crippen LogP contribution in [0.4, 0.5) is 5.82 Å². The molecule has 0 radical (unpaired) electrons. The third-order valence-corrected chi connectivity index (χ3v) is 2.94. The minimum absolute atomic E-state index is 0.593. The van der Waals surface area contributed by atoms with Gasteiger partial charge in [-0.2, -0.15) is 0 Å². The normalized spacial score (nSPS) is 10.2. The molecule has 0 aliphatic heterocycles. The van der Waals surface area contributed by atoms with E-state index < -0.39 is 0 Å². The third-order valence-electron chi connectivity index (χ3n) is 2.94. The molecule has 106 valence electrons. The quantitative estimate of drug-likeness (QED) is 0.877. The van der Waals surface area contributed by atoms with Crippen LogP contribution in [0.15, 0.2) is 30.6 Å². The molecule has 5 nitrogen and oxygen atoms in total. The van der Waals surface area contributed by atoms with Crippen molar-refractivity contribution in [2.45, 2.75) is 20.4 Å². The van der Waals surface area contributed by atoms with E-state index in [9.17, 15) is 0 Å². The SMILES string of the molecule is CCOc1ncnc(NCc2ccc(OC)cc2)c1C. The van der Waals surface area contributed by atoms with E-state index >= 15 is 0 Å². The molecule has 1 aromatic carbocycles. The molecule has 0 amide bonds. The summed E-state index contributed by atoms with van der Waals surface area (Å²) in [5.41, 5.74) is 2.07. The molecule has 0 saturated heterocycles. The summed E-state index contributed by atoms with van der Waals surface area (Å²) in [6.07, 6.45) is 1.51. The molecule has 0 atom stereocenters. The van der Waals surface area contributed by atoms with E-state index in [1.165, 1.54) is 6.33 Å². The van der Waals surface area contributed by atoms with Crippen LogP contribution in [0.3, 0.4) is 0 Å². The van der Waals surface area contributed by atoms with Crippen LogP contribution in [0.2, 0.25) is 0 Å². The van der Waals surface area contributed by atoms with Crippen LogP contribution in [0.5, 0.6) is 11.6 Å². The molecule has 2 aromatic rings. The first kappa shape index (κ1) is 14.1. The van der Waals surface area contributed by atoms with Crippen LogP contribution in [-0.2, 0) is 6.54 Å². The highest BCUT2D eigenvalue weighted by molar-refractivity contribution is 5.48. The highest BCUT2D eigenvalue weighted by Crippen LogP contribution is 2.21. The minimum Gasteiger partial charge on any atom is -0.497 e. The first-order valence-corrected chi connectivity index (χ1v) is 6.55. The predicted molar refractivity (Wildman–Crippen MR) is 78.3 cm³/mol. The lowest BCUT2D eigenvalue weighted by Gasteiger charge is -2.11. The molecule has 0 spiro atoms. The summed E-state index contributed by atoms with van der Waals surface area (Å²) in [5.74, 6) is 2.27. The second-order valence-electron chi connectivity index (χ2n) is 4.29. The fourth-order valence-corrected chi connectivity index (χ4v) is 1.82. The molecule has 2 rings (SSSR count). The van der Waals surface area contributed by atoms with E-state index in [1.807, 2.05) is 38.1 Å². The first-order valence-electron chi connectivity index (χ1n) is 6.55. The number of methoxy groups -OCH3 is 1. The van der Waals surface area contributed by atoms with Gasteiger partial charge in [0.2, 0.25) is 5.88 Å². The average molecular weight is 273 g/mol. The van der Waals surface area contributed by atoms with E-state index in [-0.39, 0.29) is 0 Å². The zero-order valence-electron chi connectivity index (χ0n) is 12.0. The Labute approximate surface area is 119 Å². The molecule has 0 aliphatic carbocycles. The number of anilines is 1. The Hall–Kier alpha value is -2.30. The monoisotopic (exact) mass is 273 g/mol. The Morgan fingerprint density at radius 3 is 2.55 bits per heavy atom. The van der Waals surface area contributed by atoms with Crippen LogP contribution in [0, 0.1) is 6.92 Å². The maximum absolute atomic E-state index is 5.45. The molecule has 5 heteroatoms. The van der Waals surface area contributed by atoms with Gasteiger partial charge in [0.25, 0.3) is 0 Å². The lowest BCUT2D eigenvalue weighted by Crippen LogP contribution is -2.06. The number of hydrogen-bond acceptors (Lipinski definition) is 5. The van der Waals surface area contributed by atoms with Crippen molar-refractivity contribution in [3.8, 4) is 11.6 Å². The Bertz CT molecular complexity index is 556. The smallest absolute Gasteiger partial charge is 0.221 e. The predicted octanol–water partition coefficient (Wildman–Crippen LogP) is 2.80. The standard InChI is InChI=1S/C15H19N3O2/c1-4-20-15-11(2)14(17-10-18-15)16-9-12-5-7-13(19-3)8-6-12/h5-8,10H,4,9H2,1-3H3,(H,16,17,18). The summed E-state index contributed by atoms with van der Waals surface area (Å²) >= 11 is 0. The molecule has 0 aliphatic rings. The highest BCUT2D eigenvalue weighted by Gasteiger charge is 2.07. The third kappa shape index (κ3) is 3.38. The van der Waals surface area contributed by atoms with Crippen LogP contribution in [0.1, 0.15) is 18.1 Å². The van der Waals surface area contributed by atoms with Crippen molar-refractivity contribution in [2.75, 3.05) is 19.0 Å². The van der Waals surface area contributed by atoms with Gasteiger partial charge in [-0.15, -0.1) is 0 Å². The molecule has 0 bridgehead atoms. The molecule has 1 N–H and O–H groups in total. The van der Waals surface area contributed by atoms with Gasteiger partial charge in [0.15, 0.2) is 0 Å². The van der Waals surface area contributed by atoms with Gasteiger partial charge in [-0.1, -0.05) is 12.1 Å². The zero-order valence-corrected chi connectivity index (χ0v) is 12.0. The second kappa shape index (κ2) is 6.75. The summed E-state index contributed by atoms with van der Waals surface area (Å²) in [4.78, 5) is 8.36. The van der Waals surface area contributed by atoms with Gasteiger partial charge in [0, 0.05) is 6.54 Å². The molecule has 0 fully saturated rings. The average Bonchev–Trinajstić information content (AvgIpc) is 2.49. The van der Waals surface area contributed by atoms with Crippen LogP contribution < -0.4 is 14.8 Å². The summed E-state index contributed by atoms with van der Waals surface area (Å²) in [7, 11) is 1.66. The molecular formula is C15H19N3O2. The van der Waals surface area contributed by atoms with Gasteiger partial charge < -0.3 is 14.8 Å². The number of nitrogens with one attached hydrogen (secondary N) is 1. The lowest BCUT2D eigenvalue weighted by atomic mass is 10.2. The fraction of sp³-hybridized carbons (Fsp3) is 0.333. The summed E-state index contributed by atoms with van der Waals surface area (Å²) in [5, 5.41) is 3.29. The summed E-state index contributed by atoms with van der Waals surface area (Å²) < 4.78 is 10.6. The van der Waals surface area contributed by atoms with Gasteiger partial charge in [0.05, 0.1) is 19.3 Å². The lowest BCUT2D eigenvalue weighted by molar-refractivity contribution is 0.324. The molecule has 20 heavy (non-hydrogen) atoms. The van der Waals surface area contributed by atoms with Gasteiger partial charge in [-0.05, 0) is 31.5 Å². The highest BCUT2D eigenvalue weighted by atomic mass is 16.5. The minimum atomic E-state index is 0.593. The number of hydrogen-bond donors (Lipinski definition) is 1. The molecule has 1 aromatic heterocycles. The molecule has 1 heterocycles. The first-order chi connectivity index (χ1) is 9.74. The second-order valence-corrected chi connectivity index (χ2v) is 4.29. The summed E-state index contributed by atoms with van der Waals surface area (Å²) in [6.45, 7) is 5.16. The molecular weight excluding hydrogens is 254 g/mol. The van der Waals surface area contributed by atoms with Gasteiger partial charge in [-0.25, -0.2) is 9.97 Å². The maximum atomic E-state index is 5.45. The van der Waals surface area contributed by atoms with Gasteiger partial charge in [-0.3, -0.25) is 0 Å². The van der Waals surface area contributed by atoms with Crippen molar-refractivity contribution >= 4 is 5.82 Å². The van der Waals surface area contributed by atoms with Crippen LogP contribution >= 0.6 is 0 Å². The van der Waals surface area contributed by atoms with Crippen LogP contribution in [0.25, 0.3) is 0 Å². The topological polar surface area (TPSA) is 56.3 Å². The number of ether oxygens (including phenoxy) is 2. The molecule has 0 saturated carbocycles. The Kier molecular flexibility index (Phi) is 4.76. The van der Waals surface area contributed by atoms with E-state index in [2.05, 4.69) is 15.3 Å². The number of rotatable bonds is 6. The number of aromatic nitrogens is 2. The van der Waals surface area contributed by atoms with Crippen molar-refractivity contribution in [1.29, 1.82) is 0 Å². The Morgan fingerprint density at radius 2 is 1.90 bits per heavy atom. The largest absolute Gasteiger partial charge is 0.497 e. The fourth-order valence-electron chi connectivity index (χ4n) is 1.82. The van der Waals surface area contributed by atoms with E-state index in [0.717, 1.165) is 22.7 Å². The van der Waals surface area contributed by atoms with E-state index in [1.54, 1.807) is 7.11 Å². The Morgan fingerprint density at radius 1 is 1.15 bits per heavy atom. The number of benzene rings is 1. The van der Waals surface area contributed by atoms with Crippen molar-refractivity contribution < 1.29 is 9.47 Å². The van der Waals surface area contributed by atoms with Crippen molar-refractivity contribution in [3.63, 3.8) is 0 Å². The van der Waals surface area contributed by atoms with E-state index in [0.29, 0.717) is 19.0 Å². The van der Waals surface area contributed by atoms with Crippen LogP contribution in [-0.4, -0.2) is 23.7 Å². The van der Waals surface area contributed by atoms with E-state index in [4.69, 9.17) is 9.47 Å². The molecule has 0 unspecified atom stereocenters.